The van der Waals surface area contributed by atoms with Crippen LogP contribution in [0.2, 0.25) is 0 Å². The summed E-state index contributed by atoms with van der Waals surface area (Å²) in [6.45, 7) is -0.576. The number of esters is 2. The predicted molar refractivity (Wildman–Crippen MR) is 80.3 cm³/mol. The Kier molecular flexibility index (Phi) is 6.84. The summed E-state index contributed by atoms with van der Waals surface area (Å²) in [6.07, 6.45) is 1.90. The minimum Gasteiger partial charge on any atom is -0.468 e. The van der Waals surface area contributed by atoms with Crippen LogP contribution in [0, 0.1) is 16.0 Å². The SMILES string of the molecule is COC(=O)C(C(=O)OC)[C@@H](C[N+](=O)[O-])c1ccc(SC)cc1. The van der Waals surface area contributed by atoms with Gasteiger partial charge in [0.25, 0.3) is 0 Å². The van der Waals surface area contributed by atoms with Crippen molar-refractivity contribution in [3.63, 3.8) is 0 Å². The molecule has 0 spiro atoms. The Hall–Kier alpha value is -2.09. The first-order valence-electron chi connectivity index (χ1n) is 6.36. The molecule has 8 heteroatoms. The van der Waals surface area contributed by atoms with Crippen LogP contribution < -0.4 is 0 Å². The van der Waals surface area contributed by atoms with Gasteiger partial charge < -0.3 is 9.47 Å². The first-order valence-corrected chi connectivity index (χ1v) is 7.58. The molecule has 0 N–H and O–H groups in total. The zero-order valence-electron chi connectivity index (χ0n) is 12.5. The van der Waals surface area contributed by atoms with Gasteiger partial charge in [0.2, 0.25) is 6.54 Å². The molecule has 0 aromatic heterocycles. The largest absolute Gasteiger partial charge is 0.468 e. The molecule has 120 valence electrons. The zero-order chi connectivity index (χ0) is 16.7. The quantitative estimate of drug-likeness (QED) is 0.247. The lowest BCUT2D eigenvalue weighted by atomic mass is 9.86. The van der Waals surface area contributed by atoms with E-state index in [9.17, 15) is 19.7 Å². The molecular formula is C14H17NO6S. The average molecular weight is 327 g/mol. The molecule has 0 unspecified atom stereocenters. The average Bonchev–Trinajstić information content (AvgIpc) is 2.53. The minimum absolute atomic E-state index is 0.510. The van der Waals surface area contributed by atoms with Gasteiger partial charge in [-0.1, -0.05) is 12.1 Å². The van der Waals surface area contributed by atoms with E-state index >= 15 is 0 Å². The maximum atomic E-state index is 11.9. The Balaban J connectivity index is 3.25. The third kappa shape index (κ3) is 4.45. The highest BCUT2D eigenvalue weighted by molar-refractivity contribution is 7.98. The monoisotopic (exact) mass is 327 g/mol. The summed E-state index contributed by atoms with van der Waals surface area (Å²) in [5.41, 5.74) is 0.510. The van der Waals surface area contributed by atoms with Crippen molar-refractivity contribution in [3.8, 4) is 0 Å². The fourth-order valence-corrected chi connectivity index (χ4v) is 2.50. The number of carbonyl (C=O) groups excluding carboxylic acids is 2. The molecule has 0 heterocycles. The maximum absolute atomic E-state index is 11.9. The van der Waals surface area contributed by atoms with Crippen LogP contribution in [-0.2, 0) is 19.1 Å². The van der Waals surface area contributed by atoms with Crippen LogP contribution in [0.3, 0.4) is 0 Å². The van der Waals surface area contributed by atoms with Crippen molar-refractivity contribution >= 4 is 23.7 Å². The zero-order valence-corrected chi connectivity index (χ0v) is 13.3. The second-order valence-corrected chi connectivity index (χ2v) is 5.30. The molecule has 0 aliphatic heterocycles. The molecule has 0 saturated carbocycles. The van der Waals surface area contributed by atoms with Gasteiger partial charge in [0.05, 0.1) is 20.1 Å². The van der Waals surface area contributed by atoms with Gasteiger partial charge in [0.15, 0.2) is 5.92 Å². The van der Waals surface area contributed by atoms with Crippen LogP contribution in [0.5, 0.6) is 0 Å². The standard InChI is InChI=1S/C14H17NO6S/c1-20-13(16)12(14(17)21-2)11(8-15(18)19)9-4-6-10(22-3)7-5-9/h4-7,11-12H,8H2,1-3H3/t11-/m0/s1. The van der Waals surface area contributed by atoms with Gasteiger partial charge in [-0.15, -0.1) is 11.8 Å². The number of rotatable bonds is 7. The lowest BCUT2D eigenvalue weighted by Gasteiger charge is -2.20. The molecule has 0 bridgehead atoms. The third-order valence-corrected chi connectivity index (χ3v) is 3.95. The van der Waals surface area contributed by atoms with E-state index in [1.165, 1.54) is 11.8 Å². The molecule has 0 fully saturated rings. The summed E-state index contributed by atoms with van der Waals surface area (Å²) in [5.74, 6) is -4.04. The van der Waals surface area contributed by atoms with Gasteiger partial charge in [-0.05, 0) is 24.0 Å². The van der Waals surface area contributed by atoms with E-state index in [2.05, 4.69) is 9.47 Å². The molecule has 22 heavy (non-hydrogen) atoms. The van der Waals surface area contributed by atoms with Crippen molar-refractivity contribution < 1.29 is 24.0 Å². The Bertz CT molecular complexity index is 529. The van der Waals surface area contributed by atoms with Gasteiger partial charge in [0.1, 0.15) is 0 Å². The number of carbonyl (C=O) groups is 2. The number of nitrogens with zero attached hydrogens (tertiary/aromatic N) is 1. The molecule has 7 nitrogen and oxygen atoms in total. The Morgan fingerprint density at radius 1 is 1.18 bits per heavy atom. The van der Waals surface area contributed by atoms with Crippen LogP contribution in [0.15, 0.2) is 29.2 Å². The van der Waals surface area contributed by atoms with E-state index in [4.69, 9.17) is 0 Å². The van der Waals surface area contributed by atoms with E-state index in [1.54, 1.807) is 24.3 Å². The molecule has 1 rings (SSSR count). The molecule has 0 aliphatic carbocycles. The van der Waals surface area contributed by atoms with Crippen LogP contribution in [0.4, 0.5) is 0 Å². The number of methoxy groups -OCH3 is 2. The van der Waals surface area contributed by atoms with Gasteiger partial charge in [-0.3, -0.25) is 19.7 Å². The number of thioether (sulfide) groups is 1. The van der Waals surface area contributed by atoms with Crippen molar-refractivity contribution in [1.82, 2.24) is 0 Å². The number of benzene rings is 1. The normalized spacial score (nSPS) is 11.8. The number of ether oxygens (including phenoxy) is 2. The van der Waals surface area contributed by atoms with Crippen molar-refractivity contribution in [2.75, 3.05) is 27.0 Å². The van der Waals surface area contributed by atoms with Crippen molar-refractivity contribution in [3.05, 3.63) is 39.9 Å². The van der Waals surface area contributed by atoms with Gasteiger partial charge in [-0.25, -0.2) is 0 Å². The Morgan fingerprint density at radius 3 is 2.05 bits per heavy atom. The summed E-state index contributed by atoms with van der Waals surface area (Å²) < 4.78 is 9.20. The number of hydrogen-bond acceptors (Lipinski definition) is 7. The lowest BCUT2D eigenvalue weighted by molar-refractivity contribution is -0.484. The van der Waals surface area contributed by atoms with Crippen LogP contribution in [0.25, 0.3) is 0 Å². The summed E-state index contributed by atoms with van der Waals surface area (Å²) in [6, 6.07) is 6.88. The molecule has 0 saturated heterocycles. The van der Waals surface area contributed by atoms with E-state index in [0.29, 0.717) is 5.56 Å². The fourth-order valence-electron chi connectivity index (χ4n) is 2.09. The van der Waals surface area contributed by atoms with E-state index < -0.39 is 35.2 Å². The molecule has 0 aliphatic rings. The first-order chi connectivity index (χ1) is 10.4. The third-order valence-electron chi connectivity index (χ3n) is 3.20. The summed E-state index contributed by atoms with van der Waals surface area (Å²) in [7, 11) is 2.25. The number of nitro groups is 1. The first kappa shape index (κ1) is 18.0. The van der Waals surface area contributed by atoms with Crippen molar-refractivity contribution in [2.24, 2.45) is 5.92 Å². The Labute approximate surface area is 132 Å². The van der Waals surface area contributed by atoms with E-state index in [0.717, 1.165) is 19.1 Å². The highest BCUT2D eigenvalue weighted by atomic mass is 32.2. The highest BCUT2D eigenvalue weighted by Gasteiger charge is 2.40. The van der Waals surface area contributed by atoms with E-state index in [1.807, 2.05) is 6.26 Å². The van der Waals surface area contributed by atoms with E-state index in [-0.39, 0.29) is 0 Å². The molecule has 1 aromatic rings. The molecule has 1 atom stereocenters. The van der Waals surface area contributed by atoms with Crippen molar-refractivity contribution in [1.29, 1.82) is 0 Å². The van der Waals surface area contributed by atoms with Gasteiger partial charge >= 0.3 is 11.9 Å². The Morgan fingerprint density at radius 2 is 1.68 bits per heavy atom. The van der Waals surface area contributed by atoms with Gasteiger partial charge in [0, 0.05) is 9.82 Å². The molecule has 0 amide bonds. The fraction of sp³-hybridized carbons (Fsp3) is 0.429. The van der Waals surface area contributed by atoms with Crippen molar-refractivity contribution in [2.45, 2.75) is 10.8 Å². The predicted octanol–water partition coefficient (Wildman–Crippen LogP) is 1.73. The molecule has 0 radical (unpaired) electrons. The minimum atomic E-state index is -1.37. The van der Waals surface area contributed by atoms with Gasteiger partial charge in [-0.2, -0.15) is 0 Å². The maximum Gasteiger partial charge on any atom is 0.320 e. The van der Waals surface area contributed by atoms with Crippen LogP contribution in [-0.4, -0.2) is 43.9 Å². The molecular weight excluding hydrogens is 310 g/mol. The highest BCUT2D eigenvalue weighted by Crippen LogP contribution is 2.29. The molecule has 1 aromatic carbocycles. The summed E-state index contributed by atoms with van der Waals surface area (Å²) >= 11 is 1.52. The smallest absolute Gasteiger partial charge is 0.320 e. The van der Waals surface area contributed by atoms with Crippen LogP contribution >= 0.6 is 11.8 Å². The second kappa shape index (κ2) is 8.38. The van der Waals surface area contributed by atoms with Crippen LogP contribution in [0.1, 0.15) is 11.5 Å². The number of hydrogen-bond donors (Lipinski definition) is 0. The second-order valence-electron chi connectivity index (χ2n) is 4.42. The summed E-state index contributed by atoms with van der Waals surface area (Å²) in [4.78, 5) is 35.1. The summed E-state index contributed by atoms with van der Waals surface area (Å²) in [5, 5.41) is 10.9. The lowest BCUT2D eigenvalue weighted by Crippen LogP contribution is -2.35. The topological polar surface area (TPSA) is 95.7 Å².